The van der Waals surface area contributed by atoms with E-state index in [0.717, 1.165) is 16.5 Å². The smallest absolute Gasteiger partial charge is 0.123 e. The Morgan fingerprint density at radius 3 is 2.43 bits per heavy atom. The number of nitrogens with one attached hydrogen (secondary N) is 1. The largest absolute Gasteiger partial charge is 0.507 e. The van der Waals surface area contributed by atoms with Crippen molar-refractivity contribution in [2.75, 3.05) is 5.32 Å². The summed E-state index contributed by atoms with van der Waals surface area (Å²) in [6.45, 7) is 4.25. The lowest BCUT2D eigenvalue weighted by Crippen LogP contribution is -2.07. The van der Waals surface area contributed by atoms with E-state index in [4.69, 9.17) is 0 Å². The first kappa shape index (κ1) is 13.5. The van der Waals surface area contributed by atoms with Crippen molar-refractivity contribution in [3.63, 3.8) is 0 Å². The highest BCUT2D eigenvalue weighted by atomic mass is 16.3. The van der Waals surface area contributed by atoms with E-state index in [-0.39, 0.29) is 6.04 Å². The first-order chi connectivity index (χ1) is 10.1. The molecule has 106 valence electrons. The lowest BCUT2D eigenvalue weighted by molar-refractivity contribution is 0.481. The molecule has 0 saturated carbocycles. The third kappa shape index (κ3) is 2.70. The summed E-state index contributed by atoms with van der Waals surface area (Å²) in [5, 5.41) is 15.4. The highest BCUT2D eigenvalue weighted by molar-refractivity contribution is 5.97. The molecule has 0 radical (unpaired) electrons. The van der Waals surface area contributed by atoms with Gasteiger partial charge in [-0.25, -0.2) is 0 Å². The van der Waals surface area contributed by atoms with Crippen LogP contribution in [0.2, 0.25) is 0 Å². The zero-order chi connectivity index (χ0) is 14.8. The molecule has 0 spiro atoms. The number of rotatable bonds is 3. The van der Waals surface area contributed by atoms with Crippen LogP contribution in [0.3, 0.4) is 0 Å². The number of phenols is 1. The van der Waals surface area contributed by atoms with Gasteiger partial charge in [0.05, 0.1) is 0 Å². The molecule has 0 saturated heterocycles. The summed E-state index contributed by atoms with van der Waals surface area (Å²) >= 11 is 0. The second-order valence-corrected chi connectivity index (χ2v) is 5.46. The Morgan fingerprint density at radius 2 is 1.62 bits per heavy atom. The van der Waals surface area contributed by atoms with E-state index in [2.05, 4.69) is 43.4 Å². The second-order valence-electron chi connectivity index (χ2n) is 5.46. The van der Waals surface area contributed by atoms with Crippen LogP contribution in [-0.4, -0.2) is 5.11 Å². The number of benzene rings is 3. The Balaban J connectivity index is 1.97. The molecule has 2 N–H and O–H groups in total. The average molecular weight is 277 g/mol. The molecule has 0 aliphatic rings. The van der Waals surface area contributed by atoms with Gasteiger partial charge < -0.3 is 10.4 Å². The molecule has 1 unspecified atom stereocenters. The van der Waals surface area contributed by atoms with Crippen LogP contribution in [0.5, 0.6) is 5.75 Å². The van der Waals surface area contributed by atoms with Crippen molar-refractivity contribution in [1.29, 1.82) is 0 Å². The van der Waals surface area contributed by atoms with Gasteiger partial charge in [0.2, 0.25) is 0 Å². The van der Waals surface area contributed by atoms with Gasteiger partial charge in [-0.05, 0) is 31.5 Å². The number of hydrogen-bond donors (Lipinski definition) is 2. The maximum Gasteiger partial charge on any atom is 0.123 e. The van der Waals surface area contributed by atoms with Crippen LogP contribution in [0.15, 0.2) is 60.7 Å². The minimum atomic E-state index is 0.206. The maximum absolute atomic E-state index is 9.96. The van der Waals surface area contributed by atoms with Gasteiger partial charge >= 0.3 is 0 Å². The monoisotopic (exact) mass is 277 g/mol. The molecule has 2 nitrogen and oxygen atoms in total. The quantitative estimate of drug-likeness (QED) is 0.704. The summed E-state index contributed by atoms with van der Waals surface area (Å²) in [4.78, 5) is 0. The number of aromatic hydroxyl groups is 1. The van der Waals surface area contributed by atoms with Gasteiger partial charge in [0, 0.05) is 22.5 Å². The number of hydrogen-bond acceptors (Lipinski definition) is 2. The molecule has 3 aromatic rings. The number of phenolic OH excluding ortho intramolecular Hbond substituents is 1. The SMILES string of the molecule is Cc1cccc(C(C)Nc2cccc3c(O)cccc23)c1. The Hall–Kier alpha value is -2.48. The predicted molar refractivity (Wildman–Crippen MR) is 88.8 cm³/mol. The molecular formula is C19H19NO. The van der Waals surface area contributed by atoms with E-state index in [1.807, 2.05) is 30.3 Å². The minimum Gasteiger partial charge on any atom is -0.507 e. The van der Waals surface area contributed by atoms with Crippen molar-refractivity contribution in [3.05, 3.63) is 71.8 Å². The highest BCUT2D eigenvalue weighted by Gasteiger charge is 2.09. The van der Waals surface area contributed by atoms with Crippen molar-refractivity contribution in [2.45, 2.75) is 19.9 Å². The fourth-order valence-corrected chi connectivity index (χ4v) is 2.68. The zero-order valence-corrected chi connectivity index (χ0v) is 12.3. The van der Waals surface area contributed by atoms with E-state index >= 15 is 0 Å². The Bertz CT molecular complexity index is 779. The molecule has 0 aromatic heterocycles. The lowest BCUT2D eigenvalue weighted by atomic mass is 10.0. The number of anilines is 1. The van der Waals surface area contributed by atoms with Gasteiger partial charge in [0.25, 0.3) is 0 Å². The van der Waals surface area contributed by atoms with Gasteiger partial charge in [0.15, 0.2) is 0 Å². The molecule has 0 amide bonds. The number of fused-ring (bicyclic) bond motifs is 1. The molecule has 0 aliphatic heterocycles. The van der Waals surface area contributed by atoms with Crippen LogP contribution < -0.4 is 5.32 Å². The summed E-state index contributed by atoms with van der Waals surface area (Å²) in [6, 6.07) is 20.3. The topological polar surface area (TPSA) is 32.3 Å². The van der Waals surface area contributed by atoms with E-state index in [0.29, 0.717) is 5.75 Å². The maximum atomic E-state index is 9.96. The first-order valence-corrected chi connectivity index (χ1v) is 7.19. The lowest BCUT2D eigenvalue weighted by Gasteiger charge is -2.18. The summed E-state index contributed by atoms with van der Waals surface area (Å²) in [6.07, 6.45) is 0. The number of aryl methyl sites for hydroxylation is 1. The van der Waals surface area contributed by atoms with Crippen LogP contribution in [0, 0.1) is 6.92 Å². The fourth-order valence-electron chi connectivity index (χ4n) is 2.68. The minimum absolute atomic E-state index is 0.206. The van der Waals surface area contributed by atoms with Crippen LogP contribution in [0.25, 0.3) is 10.8 Å². The van der Waals surface area contributed by atoms with E-state index in [1.54, 1.807) is 6.07 Å². The molecule has 0 fully saturated rings. The Kier molecular flexibility index (Phi) is 3.53. The van der Waals surface area contributed by atoms with E-state index in [1.165, 1.54) is 11.1 Å². The Labute approximate surface area is 125 Å². The van der Waals surface area contributed by atoms with Crippen molar-refractivity contribution in [2.24, 2.45) is 0 Å². The molecule has 0 heterocycles. The van der Waals surface area contributed by atoms with Gasteiger partial charge in [0.1, 0.15) is 5.75 Å². The van der Waals surface area contributed by atoms with Crippen LogP contribution in [0.1, 0.15) is 24.1 Å². The summed E-state index contributed by atoms with van der Waals surface area (Å²) < 4.78 is 0. The Morgan fingerprint density at radius 1 is 0.905 bits per heavy atom. The molecule has 1 atom stereocenters. The van der Waals surface area contributed by atoms with Crippen LogP contribution in [-0.2, 0) is 0 Å². The summed E-state index contributed by atoms with van der Waals surface area (Å²) in [5.41, 5.74) is 3.56. The van der Waals surface area contributed by atoms with E-state index in [9.17, 15) is 5.11 Å². The van der Waals surface area contributed by atoms with Crippen molar-refractivity contribution >= 4 is 16.5 Å². The van der Waals surface area contributed by atoms with Gasteiger partial charge in [-0.15, -0.1) is 0 Å². The molecule has 0 aliphatic carbocycles. The van der Waals surface area contributed by atoms with Crippen molar-refractivity contribution in [3.8, 4) is 5.75 Å². The van der Waals surface area contributed by atoms with E-state index < -0.39 is 0 Å². The summed E-state index contributed by atoms with van der Waals surface area (Å²) in [7, 11) is 0. The molecule has 3 rings (SSSR count). The fraction of sp³-hybridized carbons (Fsp3) is 0.158. The predicted octanol–water partition coefficient (Wildman–Crippen LogP) is 5.03. The van der Waals surface area contributed by atoms with Crippen LogP contribution >= 0.6 is 0 Å². The summed E-state index contributed by atoms with van der Waals surface area (Å²) in [5.74, 6) is 0.319. The first-order valence-electron chi connectivity index (χ1n) is 7.19. The normalized spacial score (nSPS) is 12.3. The van der Waals surface area contributed by atoms with Crippen molar-refractivity contribution < 1.29 is 5.11 Å². The van der Waals surface area contributed by atoms with Gasteiger partial charge in [-0.3, -0.25) is 0 Å². The van der Waals surface area contributed by atoms with Gasteiger partial charge in [-0.1, -0.05) is 54.1 Å². The molecule has 0 bridgehead atoms. The molecular weight excluding hydrogens is 258 g/mol. The second kappa shape index (κ2) is 5.49. The molecule has 2 heteroatoms. The third-order valence-corrected chi connectivity index (χ3v) is 3.81. The third-order valence-electron chi connectivity index (χ3n) is 3.81. The average Bonchev–Trinajstić information content (AvgIpc) is 2.48. The molecule has 21 heavy (non-hydrogen) atoms. The molecule has 3 aromatic carbocycles. The van der Waals surface area contributed by atoms with Crippen molar-refractivity contribution in [1.82, 2.24) is 0 Å². The highest BCUT2D eigenvalue weighted by Crippen LogP contribution is 2.31. The van der Waals surface area contributed by atoms with Crippen LogP contribution in [0.4, 0.5) is 5.69 Å². The zero-order valence-electron chi connectivity index (χ0n) is 12.3. The van der Waals surface area contributed by atoms with Gasteiger partial charge in [-0.2, -0.15) is 0 Å². The standard InChI is InChI=1S/C19H19NO/c1-13-6-3-7-15(12-13)14(2)20-18-10-4-9-17-16(18)8-5-11-19(17)21/h3-12,14,20-21H,1-2H3.